The first-order valence-electron chi connectivity index (χ1n) is 5.77. The van der Waals surface area contributed by atoms with Crippen LogP contribution >= 0.6 is 11.3 Å². The number of thiazole rings is 1. The Morgan fingerprint density at radius 3 is 2.32 bits per heavy atom. The zero-order valence-electron chi connectivity index (χ0n) is 11.1. The largest absolute Gasteiger partial charge is 0.481 e. The summed E-state index contributed by atoms with van der Waals surface area (Å²) >= 11 is 1.64. The van der Waals surface area contributed by atoms with Gasteiger partial charge in [-0.2, -0.15) is 0 Å². The van der Waals surface area contributed by atoms with Crippen LogP contribution in [0.25, 0.3) is 0 Å². The van der Waals surface area contributed by atoms with Gasteiger partial charge in [0, 0.05) is 18.0 Å². The molecule has 0 bridgehead atoms. The van der Waals surface area contributed by atoms with Gasteiger partial charge in [-0.25, -0.2) is 15.0 Å². The molecule has 2 aromatic heterocycles. The number of rotatable bonds is 6. The van der Waals surface area contributed by atoms with Crippen LogP contribution in [0.1, 0.15) is 16.1 Å². The predicted molar refractivity (Wildman–Crippen MR) is 72.5 cm³/mol. The zero-order valence-corrected chi connectivity index (χ0v) is 12.0. The third-order valence-electron chi connectivity index (χ3n) is 2.69. The second-order valence-electron chi connectivity index (χ2n) is 3.84. The van der Waals surface area contributed by atoms with Crippen molar-refractivity contribution in [1.29, 1.82) is 0 Å². The van der Waals surface area contributed by atoms with E-state index in [-0.39, 0.29) is 0 Å². The molecule has 0 fully saturated rings. The molecule has 1 N–H and O–H groups in total. The number of hydrogen-bond acceptors (Lipinski definition) is 7. The molecule has 0 atom stereocenters. The molecule has 0 radical (unpaired) electrons. The summed E-state index contributed by atoms with van der Waals surface area (Å²) < 4.78 is 10.4. The predicted octanol–water partition coefficient (Wildman–Crippen LogP) is 1.55. The second-order valence-corrected chi connectivity index (χ2v) is 4.77. The Morgan fingerprint density at radius 2 is 1.79 bits per heavy atom. The van der Waals surface area contributed by atoms with Crippen LogP contribution in [0, 0.1) is 6.92 Å². The Bertz CT molecular complexity index is 522. The van der Waals surface area contributed by atoms with E-state index in [0.29, 0.717) is 18.3 Å². The first-order chi connectivity index (χ1) is 9.26. The highest BCUT2D eigenvalue weighted by Crippen LogP contribution is 2.23. The highest BCUT2D eigenvalue weighted by Gasteiger charge is 2.12. The SMILES string of the molecule is COc1ncnc(OC)c1CNCc1scnc1C. The first-order valence-corrected chi connectivity index (χ1v) is 6.65. The standard InChI is InChI=1S/C12H16N4O2S/c1-8-10(19-7-16-8)5-13-4-9-11(17-2)14-6-15-12(9)18-3/h6-7,13H,4-5H2,1-3H3. The molecule has 19 heavy (non-hydrogen) atoms. The van der Waals surface area contributed by atoms with Crippen molar-refractivity contribution in [2.45, 2.75) is 20.0 Å². The van der Waals surface area contributed by atoms with Gasteiger partial charge >= 0.3 is 0 Å². The maximum absolute atomic E-state index is 5.22. The maximum atomic E-state index is 5.22. The normalized spacial score (nSPS) is 10.5. The molecule has 7 heteroatoms. The van der Waals surface area contributed by atoms with E-state index in [1.54, 1.807) is 25.6 Å². The highest BCUT2D eigenvalue weighted by molar-refractivity contribution is 7.09. The summed E-state index contributed by atoms with van der Waals surface area (Å²) in [6.45, 7) is 3.32. The summed E-state index contributed by atoms with van der Waals surface area (Å²) in [4.78, 5) is 13.6. The summed E-state index contributed by atoms with van der Waals surface area (Å²) in [5.74, 6) is 1.06. The van der Waals surface area contributed by atoms with Gasteiger partial charge in [-0.3, -0.25) is 0 Å². The third-order valence-corrected chi connectivity index (χ3v) is 3.62. The zero-order chi connectivity index (χ0) is 13.7. The molecule has 6 nitrogen and oxygen atoms in total. The summed E-state index contributed by atoms with van der Waals surface area (Å²) in [7, 11) is 3.16. The molecular formula is C12H16N4O2S. The lowest BCUT2D eigenvalue weighted by molar-refractivity contribution is 0.359. The van der Waals surface area contributed by atoms with E-state index in [4.69, 9.17) is 9.47 Å². The number of aryl methyl sites for hydroxylation is 1. The highest BCUT2D eigenvalue weighted by atomic mass is 32.1. The molecule has 102 valence electrons. The topological polar surface area (TPSA) is 69.2 Å². The third kappa shape index (κ3) is 3.18. The van der Waals surface area contributed by atoms with Gasteiger partial charge in [0.25, 0.3) is 0 Å². The molecule has 0 aliphatic heterocycles. The summed E-state index contributed by atoms with van der Waals surface area (Å²) in [6.07, 6.45) is 1.43. The fourth-order valence-electron chi connectivity index (χ4n) is 1.68. The number of aromatic nitrogens is 3. The average Bonchev–Trinajstić information content (AvgIpc) is 2.84. The quantitative estimate of drug-likeness (QED) is 0.865. The summed E-state index contributed by atoms with van der Waals surface area (Å²) in [6, 6.07) is 0. The molecular weight excluding hydrogens is 264 g/mol. The minimum atomic E-state index is 0.528. The number of nitrogens with one attached hydrogen (secondary N) is 1. The lowest BCUT2D eigenvalue weighted by Gasteiger charge is -2.11. The van der Waals surface area contributed by atoms with Gasteiger partial charge < -0.3 is 14.8 Å². The maximum Gasteiger partial charge on any atom is 0.224 e. The smallest absolute Gasteiger partial charge is 0.224 e. The Labute approximate surface area is 115 Å². The van der Waals surface area contributed by atoms with E-state index >= 15 is 0 Å². The van der Waals surface area contributed by atoms with Gasteiger partial charge in [-0.1, -0.05) is 0 Å². The summed E-state index contributed by atoms with van der Waals surface area (Å²) in [5.41, 5.74) is 3.72. The molecule has 2 heterocycles. The molecule has 0 spiro atoms. The molecule has 0 aliphatic carbocycles. The molecule has 2 rings (SSSR count). The van der Waals surface area contributed by atoms with E-state index in [1.807, 2.05) is 12.4 Å². The van der Waals surface area contributed by atoms with Crippen LogP contribution in [0.3, 0.4) is 0 Å². The Balaban J connectivity index is 2.04. The van der Waals surface area contributed by atoms with E-state index < -0.39 is 0 Å². The van der Waals surface area contributed by atoms with Crippen molar-refractivity contribution in [2.75, 3.05) is 14.2 Å². The van der Waals surface area contributed by atoms with Crippen LogP contribution in [0.5, 0.6) is 11.8 Å². The van der Waals surface area contributed by atoms with E-state index in [1.165, 1.54) is 11.2 Å². The van der Waals surface area contributed by atoms with Gasteiger partial charge in [-0.15, -0.1) is 11.3 Å². The van der Waals surface area contributed by atoms with E-state index in [0.717, 1.165) is 17.8 Å². The Kier molecular flexibility index (Phi) is 4.64. The van der Waals surface area contributed by atoms with Crippen molar-refractivity contribution in [1.82, 2.24) is 20.3 Å². The van der Waals surface area contributed by atoms with Crippen molar-refractivity contribution in [3.63, 3.8) is 0 Å². The molecule has 0 saturated heterocycles. The fraction of sp³-hybridized carbons (Fsp3) is 0.417. The first kappa shape index (κ1) is 13.7. The van der Waals surface area contributed by atoms with Gasteiger partial charge in [0.05, 0.1) is 31.0 Å². The van der Waals surface area contributed by atoms with Crippen molar-refractivity contribution in [2.24, 2.45) is 0 Å². The minimum absolute atomic E-state index is 0.528. The Hall–Kier alpha value is -1.73. The van der Waals surface area contributed by atoms with Crippen molar-refractivity contribution < 1.29 is 9.47 Å². The monoisotopic (exact) mass is 280 g/mol. The second kappa shape index (κ2) is 6.44. The number of methoxy groups -OCH3 is 2. The molecule has 0 unspecified atom stereocenters. The molecule has 0 aromatic carbocycles. The summed E-state index contributed by atoms with van der Waals surface area (Å²) in [5, 5.41) is 3.32. The van der Waals surface area contributed by atoms with Crippen LogP contribution in [0.15, 0.2) is 11.8 Å². The lowest BCUT2D eigenvalue weighted by atomic mass is 10.3. The van der Waals surface area contributed by atoms with Crippen LogP contribution in [0.2, 0.25) is 0 Å². The number of ether oxygens (including phenoxy) is 2. The van der Waals surface area contributed by atoms with Crippen LogP contribution in [0.4, 0.5) is 0 Å². The lowest BCUT2D eigenvalue weighted by Crippen LogP contribution is -2.15. The van der Waals surface area contributed by atoms with Crippen LogP contribution in [-0.2, 0) is 13.1 Å². The van der Waals surface area contributed by atoms with E-state index in [2.05, 4.69) is 20.3 Å². The molecule has 0 saturated carbocycles. The van der Waals surface area contributed by atoms with Gasteiger partial charge in [0.1, 0.15) is 6.33 Å². The van der Waals surface area contributed by atoms with E-state index in [9.17, 15) is 0 Å². The molecule has 2 aromatic rings. The average molecular weight is 280 g/mol. The van der Waals surface area contributed by atoms with Crippen molar-refractivity contribution in [3.8, 4) is 11.8 Å². The van der Waals surface area contributed by atoms with Crippen LogP contribution < -0.4 is 14.8 Å². The van der Waals surface area contributed by atoms with Gasteiger partial charge in [-0.05, 0) is 6.92 Å². The number of nitrogens with zero attached hydrogens (tertiary/aromatic N) is 3. The number of hydrogen-bond donors (Lipinski definition) is 1. The molecule has 0 aliphatic rings. The molecule has 0 amide bonds. The fourth-order valence-corrected chi connectivity index (χ4v) is 2.43. The minimum Gasteiger partial charge on any atom is -0.481 e. The Morgan fingerprint density at radius 1 is 1.11 bits per heavy atom. The van der Waals surface area contributed by atoms with Crippen molar-refractivity contribution >= 4 is 11.3 Å². The van der Waals surface area contributed by atoms with Crippen molar-refractivity contribution in [3.05, 3.63) is 28.0 Å². The van der Waals surface area contributed by atoms with Gasteiger partial charge in [0.15, 0.2) is 0 Å². The van der Waals surface area contributed by atoms with Gasteiger partial charge in [0.2, 0.25) is 11.8 Å². The van der Waals surface area contributed by atoms with Crippen LogP contribution in [-0.4, -0.2) is 29.2 Å².